The number of hydrogen-bond donors (Lipinski definition) is 5. The van der Waals surface area contributed by atoms with Gasteiger partial charge < -0.3 is 26.6 Å². The zero-order chi connectivity index (χ0) is 99.2. The van der Waals surface area contributed by atoms with Crippen molar-refractivity contribution >= 4 is 132 Å². The van der Waals surface area contributed by atoms with Crippen LogP contribution in [-0.2, 0) is 50.1 Å². The number of nitrogens with zero attached hydrogens (tertiary/aromatic N) is 15. The lowest BCUT2D eigenvalue weighted by molar-refractivity contribution is 0.281. The zero-order valence-corrected chi connectivity index (χ0v) is 85.1. The first-order chi connectivity index (χ1) is 68.3. The first kappa shape index (κ1) is 99.6. The van der Waals surface area contributed by atoms with E-state index in [1.165, 1.54) is 14.9 Å². The molecule has 142 heavy (non-hydrogen) atoms. The number of nitrogens with one attached hydrogen (secondary N) is 5. The molecule has 10 aromatic heterocycles. The minimum atomic E-state index is -3.12. The Morgan fingerprint density at radius 1 is 0.282 bits per heavy atom. The standard InChI is InChI=1S/C24H28N4O2S.C23H26N4O2S.C21H24N4O2S.C20H22N4O2S.C19H20N4O2S/c1-17-5-6-19(15-26-17)20-13-18-7-10-25-16-23(18)24(14-20)27-21-8-11-28(12-9-21)31(29,30)22-3-2-4-22;1-16-2-3-18(14-25-16)19-12-17-6-9-24-15-22(17)23(13-19)26-20-7-10-27(11-8-20)30(28,29)21-4-5-21;1-3-8-28(26,27)25-13-19(14-25)24-21-11-18(16-5-7-23-15(2)9-16)10-17-4-6-22-12-20(17)21;1-3-27(25,26)24-12-18(13-24)23-20-10-17(15-5-7-22-14(2)8-15)9-16-4-6-21-11-19(16)20;1-13-7-14(4-6-21-13)16-8-15-3-5-20-10-18(15)19(9-16)22-17-11-23(12-17)26(2,24)25/h5-7,10,13-16,21-22,27H,2-4,8-9,11-12H2,1H3;2-3,6,9,12-15,20-21,26H,4-5,7-8,10-11H2,1H3;4-7,9-12,19,24H,3,8,13-14H2,1-2H3;4-11,18,23H,3,12-13H2,1-2H3;3-10,17,22H,11-12H2,1-2H3. The molecule has 0 radical (unpaired) electrons. The minimum absolute atomic E-state index is 0.0996. The molecular formula is C107H120N20O10S5. The molecular weight excluding hydrogens is 1890 g/mol. The third-order valence-corrected chi connectivity index (χ3v) is 37.3. The Balaban J connectivity index is 0.000000117. The van der Waals surface area contributed by atoms with Crippen molar-refractivity contribution in [1.29, 1.82) is 0 Å². The summed E-state index contributed by atoms with van der Waals surface area (Å²) in [5, 5.41) is 28.4. The average Bonchev–Trinajstić information content (AvgIpc) is 1.79. The number of aryl methyl sites for hydroxylation is 5. The van der Waals surface area contributed by atoms with Crippen LogP contribution in [0.2, 0.25) is 0 Å². The maximum atomic E-state index is 12.7. The molecule has 5 aromatic carbocycles. The topological polar surface area (TPSA) is 376 Å². The largest absolute Gasteiger partial charge is 0.382 e. The number of sulfonamides is 5. The second kappa shape index (κ2) is 42.9. The molecule has 0 unspecified atom stereocenters. The molecule has 0 amide bonds. The third kappa shape index (κ3) is 23.5. The molecule has 7 fully saturated rings. The molecule has 5 N–H and O–H groups in total. The van der Waals surface area contributed by atoms with E-state index >= 15 is 0 Å². The lowest BCUT2D eigenvalue weighted by Crippen LogP contribution is -2.57. The molecule has 30 nitrogen and oxygen atoms in total. The number of aromatic nitrogens is 10. The quantitative estimate of drug-likeness (QED) is 0.0355. The van der Waals surface area contributed by atoms with Crippen LogP contribution in [0, 0.1) is 34.6 Å². The Morgan fingerprint density at radius 2 is 0.577 bits per heavy atom. The number of hydrogen-bond acceptors (Lipinski definition) is 25. The van der Waals surface area contributed by atoms with Gasteiger partial charge in [0.1, 0.15) is 0 Å². The van der Waals surface area contributed by atoms with E-state index in [0.717, 1.165) is 224 Å². The molecule has 35 heteroatoms. The smallest absolute Gasteiger partial charge is 0.216 e. The van der Waals surface area contributed by atoms with Crippen molar-refractivity contribution in [2.24, 2.45) is 0 Å². The summed E-state index contributed by atoms with van der Waals surface area (Å²) in [5.41, 5.74) is 20.9. The number of fused-ring (bicyclic) bond motifs is 5. The fourth-order valence-corrected chi connectivity index (χ4v) is 26.4. The highest BCUT2D eigenvalue weighted by molar-refractivity contribution is 7.90. The SMILES string of the molecule is CCCS(=O)(=O)N1CC(Nc2cc(-c3ccnc(C)c3)cc3ccncc23)C1.CCS(=O)(=O)N1CC(Nc2cc(-c3ccnc(C)c3)cc3ccncc23)C1.Cc1cc(-c2cc(NC3CN(S(C)(=O)=O)C3)c3cnccc3c2)ccn1.Cc1ccc(-c2cc(NC3CCN(S(=O)(=O)C4CC4)CC3)c3cnccc3c2)cn1.Cc1ccc(-c2cc(NC3CCN(S(=O)(=O)C4CCC4)CC3)c3cnccc3c2)cn1. The molecule has 0 spiro atoms. The summed E-state index contributed by atoms with van der Waals surface area (Å²) in [6.45, 7) is 18.8. The van der Waals surface area contributed by atoms with Gasteiger partial charge in [-0.25, -0.2) is 50.7 Å². The Kier molecular flexibility index (Phi) is 30.1. The van der Waals surface area contributed by atoms with E-state index in [9.17, 15) is 42.1 Å². The Morgan fingerprint density at radius 3 is 0.845 bits per heavy atom. The van der Waals surface area contributed by atoms with Crippen molar-refractivity contribution in [3.63, 3.8) is 0 Å². The van der Waals surface area contributed by atoms with Crippen molar-refractivity contribution in [2.75, 3.05) is 110 Å². The number of anilines is 5. The molecule has 2 aliphatic carbocycles. The van der Waals surface area contributed by atoms with Gasteiger partial charge in [-0.3, -0.25) is 49.8 Å². The molecule has 0 bridgehead atoms. The Hall–Kier alpha value is -12.6. The second-order valence-corrected chi connectivity index (χ2v) is 48.7. The average molecular weight is 2010 g/mol. The predicted octanol–water partition coefficient (Wildman–Crippen LogP) is 17.5. The lowest BCUT2D eigenvalue weighted by atomic mass is 10.00. The van der Waals surface area contributed by atoms with Crippen LogP contribution >= 0.6 is 0 Å². The monoisotopic (exact) mass is 2000 g/mol. The minimum Gasteiger partial charge on any atom is -0.382 e. The predicted molar refractivity (Wildman–Crippen MR) is 569 cm³/mol. The van der Waals surface area contributed by atoms with Crippen LogP contribution in [0.15, 0.2) is 245 Å². The molecule has 5 saturated heterocycles. The highest BCUT2D eigenvalue weighted by atomic mass is 32.2. The summed E-state index contributed by atoms with van der Waals surface area (Å²) in [4.78, 5) is 43.1. The summed E-state index contributed by atoms with van der Waals surface area (Å²) in [6.07, 6.45) is 37.0. The van der Waals surface area contributed by atoms with E-state index in [4.69, 9.17) is 0 Å². The highest BCUT2D eigenvalue weighted by Gasteiger charge is 2.43. The third-order valence-electron chi connectivity index (χ3n) is 27.4. The fraction of sp³-hybridized carbons (Fsp3) is 0.346. The van der Waals surface area contributed by atoms with Gasteiger partial charge in [0.15, 0.2) is 0 Å². The van der Waals surface area contributed by atoms with Crippen LogP contribution in [0.5, 0.6) is 0 Å². The van der Waals surface area contributed by atoms with E-state index < -0.39 is 50.1 Å². The van der Waals surface area contributed by atoms with E-state index in [0.29, 0.717) is 71.9 Å². The fourth-order valence-electron chi connectivity index (χ4n) is 18.8. The maximum absolute atomic E-state index is 12.7. The molecule has 15 heterocycles. The molecule has 738 valence electrons. The van der Waals surface area contributed by atoms with Gasteiger partial charge in [0.05, 0.1) is 46.4 Å². The zero-order valence-electron chi connectivity index (χ0n) is 81.0. The van der Waals surface area contributed by atoms with Crippen molar-refractivity contribution < 1.29 is 42.1 Å². The molecule has 7 aliphatic rings. The van der Waals surface area contributed by atoms with Gasteiger partial charge in [0, 0.05) is 265 Å². The van der Waals surface area contributed by atoms with Crippen LogP contribution in [0.3, 0.4) is 0 Å². The van der Waals surface area contributed by atoms with Crippen LogP contribution < -0.4 is 26.6 Å². The molecule has 0 atom stereocenters. The Labute approximate surface area is 831 Å². The van der Waals surface area contributed by atoms with Gasteiger partial charge in [-0.2, -0.15) is 12.9 Å². The van der Waals surface area contributed by atoms with Crippen LogP contribution in [0.4, 0.5) is 28.4 Å². The number of benzene rings is 5. The van der Waals surface area contributed by atoms with Gasteiger partial charge in [0.2, 0.25) is 50.1 Å². The van der Waals surface area contributed by atoms with E-state index in [1.54, 1.807) is 38.4 Å². The maximum Gasteiger partial charge on any atom is 0.216 e. The van der Waals surface area contributed by atoms with Crippen LogP contribution in [0.25, 0.3) is 109 Å². The summed E-state index contributed by atoms with van der Waals surface area (Å²) in [5.74, 6) is 0.354. The number of piperidine rings is 2. The van der Waals surface area contributed by atoms with Crippen molar-refractivity contribution in [3.8, 4) is 55.6 Å². The molecule has 2 saturated carbocycles. The van der Waals surface area contributed by atoms with Gasteiger partial charge in [-0.05, 0) is 310 Å². The van der Waals surface area contributed by atoms with E-state index in [2.05, 4.69) is 167 Å². The van der Waals surface area contributed by atoms with Crippen molar-refractivity contribution in [2.45, 2.75) is 153 Å². The molecule has 5 aliphatic heterocycles. The summed E-state index contributed by atoms with van der Waals surface area (Å²) >= 11 is 0. The summed E-state index contributed by atoms with van der Waals surface area (Å²) < 4.78 is 130. The first-order valence-electron chi connectivity index (χ1n) is 48.6. The van der Waals surface area contributed by atoms with E-state index in [-0.39, 0.29) is 52.2 Å². The Bertz CT molecular complexity index is 7740. The highest BCUT2D eigenvalue weighted by Crippen LogP contribution is 2.41. The van der Waals surface area contributed by atoms with E-state index in [1.807, 2.05) is 177 Å². The second-order valence-electron chi connectivity index (χ2n) is 38.0. The van der Waals surface area contributed by atoms with Gasteiger partial charge >= 0.3 is 0 Å². The molecule has 22 rings (SSSR count). The van der Waals surface area contributed by atoms with Crippen LogP contribution in [-0.4, -0.2) is 237 Å². The molecule has 15 aromatic rings. The summed E-state index contributed by atoms with van der Waals surface area (Å²) in [6, 6.07) is 52.6. The normalized spacial score (nSPS) is 16.9. The van der Waals surface area contributed by atoms with Gasteiger partial charge in [-0.1, -0.05) is 25.5 Å². The van der Waals surface area contributed by atoms with Gasteiger partial charge in [0.25, 0.3) is 0 Å². The van der Waals surface area contributed by atoms with Crippen LogP contribution in [0.1, 0.15) is 107 Å². The lowest BCUT2D eigenvalue weighted by Gasteiger charge is -2.39. The van der Waals surface area contributed by atoms with Crippen molar-refractivity contribution in [1.82, 2.24) is 71.4 Å². The summed E-state index contributed by atoms with van der Waals surface area (Å²) in [7, 11) is -15.5. The first-order valence-corrected chi connectivity index (χ1v) is 56.7. The van der Waals surface area contributed by atoms with Gasteiger partial charge in [-0.15, -0.1) is 0 Å². The number of rotatable bonds is 25. The van der Waals surface area contributed by atoms with Crippen molar-refractivity contribution in [3.05, 3.63) is 273 Å². The number of pyridine rings is 10.